The number of anilines is 1. The van der Waals surface area contributed by atoms with Gasteiger partial charge in [-0.3, -0.25) is 15.4 Å². The van der Waals surface area contributed by atoms with E-state index in [0.717, 1.165) is 34.3 Å². The van der Waals surface area contributed by atoms with Crippen LogP contribution in [0.15, 0.2) is 60.9 Å². The number of carbonyl (C=O) groups is 1. The first-order valence-electron chi connectivity index (χ1n) is 9.05. The third-order valence-corrected chi connectivity index (χ3v) is 4.40. The Bertz CT molecular complexity index is 1110. The van der Waals surface area contributed by atoms with Gasteiger partial charge in [0.25, 0.3) is 0 Å². The first kappa shape index (κ1) is 17.7. The van der Waals surface area contributed by atoms with Gasteiger partial charge in [0.05, 0.1) is 5.52 Å². The van der Waals surface area contributed by atoms with Gasteiger partial charge in [0, 0.05) is 41.6 Å². The summed E-state index contributed by atoms with van der Waals surface area (Å²) in [5.74, 6) is 0.464. The molecule has 0 saturated heterocycles. The smallest absolute Gasteiger partial charge is 0.320 e. The number of urea groups is 1. The van der Waals surface area contributed by atoms with Crippen molar-refractivity contribution in [3.05, 3.63) is 72.2 Å². The van der Waals surface area contributed by atoms with E-state index in [2.05, 4.69) is 30.8 Å². The van der Waals surface area contributed by atoms with Crippen molar-refractivity contribution in [2.24, 2.45) is 0 Å². The highest BCUT2D eigenvalue weighted by Gasteiger charge is 2.11. The molecule has 7 heteroatoms. The highest BCUT2D eigenvalue weighted by molar-refractivity contribution is 5.95. The van der Waals surface area contributed by atoms with Crippen molar-refractivity contribution in [2.45, 2.75) is 13.3 Å². The molecule has 1 aromatic carbocycles. The molecule has 0 aliphatic rings. The molecule has 3 N–H and O–H groups in total. The summed E-state index contributed by atoms with van der Waals surface area (Å²) in [5.41, 5.74) is 4.69. The Morgan fingerprint density at radius 2 is 1.96 bits per heavy atom. The molecule has 0 aliphatic heterocycles. The minimum Gasteiger partial charge on any atom is -0.337 e. The zero-order valence-electron chi connectivity index (χ0n) is 15.4. The van der Waals surface area contributed by atoms with Gasteiger partial charge in [0.1, 0.15) is 11.5 Å². The second-order valence-electron chi connectivity index (χ2n) is 6.49. The van der Waals surface area contributed by atoms with Crippen molar-refractivity contribution in [1.82, 2.24) is 25.5 Å². The average molecular weight is 372 g/mol. The number of amides is 2. The van der Waals surface area contributed by atoms with Gasteiger partial charge >= 0.3 is 6.03 Å². The molecule has 2 amide bonds. The van der Waals surface area contributed by atoms with Crippen LogP contribution in [0.1, 0.15) is 11.3 Å². The Morgan fingerprint density at radius 1 is 1.11 bits per heavy atom. The fourth-order valence-electron chi connectivity index (χ4n) is 3.02. The van der Waals surface area contributed by atoms with E-state index in [-0.39, 0.29) is 6.03 Å². The Hall–Kier alpha value is -3.74. The molecule has 4 aromatic rings. The van der Waals surface area contributed by atoms with Gasteiger partial charge in [0.15, 0.2) is 0 Å². The van der Waals surface area contributed by atoms with Crippen LogP contribution in [0.25, 0.3) is 22.2 Å². The van der Waals surface area contributed by atoms with E-state index in [0.29, 0.717) is 12.4 Å². The Labute approximate surface area is 162 Å². The molecule has 7 nitrogen and oxygen atoms in total. The predicted octanol–water partition coefficient (Wildman–Crippen LogP) is 3.69. The minimum atomic E-state index is -0.285. The number of benzene rings is 1. The van der Waals surface area contributed by atoms with Gasteiger partial charge in [-0.25, -0.2) is 9.78 Å². The molecule has 0 aliphatic carbocycles. The maximum Gasteiger partial charge on any atom is 0.320 e. The van der Waals surface area contributed by atoms with E-state index in [1.165, 1.54) is 5.56 Å². The summed E-state index contributed by atoms with van der Waals surface area (Å²) in [5, 5.41) is 13.9. The lowest BCUT2D eigenvalue weighted by atomic mass is 10.1. The monoisotopic (exact) mass is 372 g/mol. The van der Waals surface area contributed by atoms with Gasteiger partial charge in [-0.15, -0.1) is 0 Å². The Morgan fingerprint density at radius 3 is 2.79 bits per heavy atom. The molecule has 3 aromatic heterocycles. The highest BCUT2D eigenvalue weighted by atomic mass is 16.2. The SMILES string of the molecule is Cc1cc(-c2n[nH]c3cc(NC(=O)NCCc4ccccc4)ncc23)ccn1. The van der Waals surface area contributed by atoms with Crippen LogP contribution < -0.4 is 10.6 Å². The summed E-state index contributed by atoms with van der Waals surface area (Å²) < 4.78 is 0. The van der Waals surface area contributed by atoms with E-state index >= 15 is 0 Å². The largest absolute Gasteiger partial charge is 0.337 e. The molecule has 28 heavy (non-hydrogen) atoms. The second kappa shape index (κ2) is 7.87. The Balaban J connectivity index is 1.41. The number of aromatic nitrogens is 4. The molecular weight excluding hydrogens is 352 g/mol. The molecule has 3 heterocycles. The van der Waals surface area contributed by atoms with E-state index in [1.807, 2.05) is 49.4 Å². The van der Waals surface area contributed by atoms with Crippen molar-refractivity contribution in [3.8, 4) is 11.3 Å². The summed E-state index contributed by atoms with van der Waals surface area (Å²) in [6, 6.07) is 15.4. The first-order chi connectivity index (χ1) is 13.7. The number of hydrogen-bond acceptors (Lipinski definition) is 4. The van der Waals surface area contributed by atoms with E-state index < -0.39 is 0 Å². The summed E-state index contributed by atoms with van der Waals surface area (Å²) >= 11 is 0. The normalized spacial score (nSPS) is 10.8. The molecule has 140 valence electrons. The zero-order valence-corrected chi connectivity index (χ0v) is 15.4. The average Bonchev–Trinajstić information content (AvgIpc) is 3.12. The van der Waals surface area contributed by atoms with Crippen LogP contribution in [-0.2, 0) is 6.42 Å². The standard InChI is InChI=1S/C21H20N6O/c1-14-11-16(8-10-22-14)20-17-13-24-19(12-18(17)26-27-20)25-21(28)23-9-7-15-5-3-2-4-6-15/h2-6,8,10-13H,7,9H2,1H3,(H,26,27)(H2,23,24,25,28). The third kappa shape index (κ3) is 3.98. The first-order valence-corrected chi connectivity index (χ1v) is 9.05. The molecular formula is C21H20N6O. The topological polar surface area (TPSA) is 95.6 Å². The van der Waals surface area contributed by atoms with Gasteiger partial charge in [-0.05, 0) is 31.0 Å². The number of pyridine rings is 2. The zero-order chi connectivity index (χ0) is 19.3. The number of aromatic amines is 1. The van der Waals surface area contributed by atoms with Crippen molar-refractivity contribution in [3.63, 3.8) is 0 Å². The van der Waals surface area contributed by atoms with Gasteiger partial charge in [0.2, 0.25) is 0 Å². The molecule has 0 bridgehead atoms. The van der Waals surface area contributed by atoms with Crippen LogP contribution >= 0.6 is 0 Å². The third-order valence-electron chi connectivity index (χ3n) is 4.40. The number of fused-ring (bicyclic) bond motifs is 1. The maximum absolute atomic E-state index is 12.1. The molecule has 0 fully saturated rings. The van der Waals surface area contributed by atoms with E-state index in [9.17, 15) is 4.79 Å². The summed E-state index contributed by atoms with van der Waals surface area (Å²) in [4.78, 5) is 20.7. The number of carbonyl (C=O) groups excluding carboxylic acids is 1. The lowest BCUT2D eigenvalue weighted by Crippen LogP contribution is -2.30. The summed E-state index contributed by atoms with van der Waals surface area (Å²) in [7, 11) is 0. The molecule has 0 saturated carbocycles. The van der Waals surface area contributed by atoms with E-state index in [4.69, 9.17) is 0 Å². The van der Waals surface area contributed by atoms with E-state index in [1.54, 1.807) is 18.5 Å². The van der Waals surface area contributed by atoms with Crippen molar-refractivity contribution >= 4 is 22.8 Å². The molecule has 0 radical (unpaired) electrons. The number of nitrogens with zero attached hydrogens (tertiary/aromatic N) is 3. The fraction of sp³-hybridized carbons (Fsp3) is 0.143. The van der Waals surface area contributed by atoms with Crippen LogP contribution in [0.2, 0.25) is 0 Å². The van der Waals surface area contributed by atoms with Crippen LogP contribution in [-0.4, -0.2) is 32.7 Å². The Kier molecular flexibility index (Phi) is 4.97. The fourth-order valence-corrected chi connectivity index (χ4v) is 3.02. The number of aryl methyl sites for hydroxylation is 1. The summed E-state index contributed by atoms with van der Waals surface area (Å²) in [6.07, 6.45) is 4.24. The van der Waals surface area contributed by atoms with Crippen LogP contribution in [0.5, 0.6) is 0 Å². The van der Waals surface area contributed by atoms with Crippen LogP contribution in [0.4, 0.5) is 10.6 Å². The van der Waals surface area contributed by atoms with Gasteiger partial charge in [-0.2, -0.15) is 5.10 Å². The number of nitrogens with one attached hydrogen (secondary N) is 3. The van der Waals surface area contributed by atoms with Gasteiger partial charge < -0.3 is 5.32 Å². The lowest BCUT2D eigenvalue weighted by molar-refractivity contribution is 0.252. The van der Waals surface area contributed by atoms with Crippen LogP contribution in [0, 0.1) is 6.92 Å². The van der Waals surface area contributed by atoms with Crippen molar-refractivity contribution in [2.75, 3.05) is 11.9 Å². The molecule has 4 rings (SSSR count). The number of rotatable bonds is 5. The molecule has 0 unspecified atom stereocenters. The number of hydrogen-bond donors (Lipinski definition) is 3. The number of H-pyrrole nitrogens is 1. The lowest BCUT2D eigenvalue weighted by Gasteiger charge is -2.07. The van der Waals surface area contributed by atoms with Crippen LogP contribution in [0.3, 0.4) is 0 Å². The molecule has 0 spiro atoms. The second-order valence-corrected chi connectivity index (χ2v) is 6.49. The predicted molar refractivity (Wildman–Crippen MR) is 109 cm³/mol. The summed E-state index contributed by atoms with van der Waals surface area (Å²) in [6.45, 7) is 2.49. The quantitative estimate of drug-likeness (QED) is 0.498. The minimum absolute atomic E-state index is 0.285. The van der Waals surface area contributed by atoms with Gasteiger partial charge in [-0.1, -0.05) is 30.3 Å². The van der Waals surface area contributed by atoms with Crippen molar-refractivity contribution in [1.29, 1.82) is 0 Å². The molecule has 0 atom stereocenters. The highest BCUT2D eigenvalue weighted by Crippen LogP contribution is 2.26. The maximum atomic E-state index is 12.1. The van der Waals surface area contributed by atoms with Crippen molar-refractivity contribution < 1.29 is 4.79 Å².